The normalized spacial score (nSPS) is 11.1. The molecule has 0 aliphatic carbocycles. The molecule has 1 aromatic heterocycles. The Bertz CT molecular complexity index is 1100. The van der Waals surface area contributed by atoms with Crippen LogP contribution in [-0.4, -0.2) is 33.2 Å². The number of halogens is 1. The highest BCUT2D eigenvalue weighted by molar-refractivity contribution is 6.07. The van der Waals surface area contributed by atoms with Gasteiger partial charge in [0.1, 0.15) is 11.6 Å². The molecule has 0 spiro atoms. The van der Waals surface area contributed by atoms with Gasteiger partial charge in [0.25, 0.3) is 0 Å². The fourth-order valence-electron chi connectivity index (χ4n) is 3.11. The van der Waals surface area contributed by atoms with Gasteiger partial charge in [0.2, 0.25) is 0 Å². The van der Waals surface area contributed by atoms with Crippen LogP contribution in [0.15, 0.2) is 54.6 Å². The topological polar surface area (TPSA) is 81.4 Å². The lowest BCUT2D eigenvalue weighted by Gasteiger charge is -2.05. The largest absolute Gasteiger partial charge is 0.494 e. The van der Waals surface area contributed by atoms with E-state index < -0.39 is 5.97 Å². The minimum absolute atomic E-state index is 0.0535. The van der Waals surface area contributed by atoms with Crippen molar-refractivity contribution in [3.63, 3.8) is 0 Å². The maximum Gasteiger partial charge on any atom is 0.303 e. The van der Waals surface area contributed by atoms with Gasteiger partial charge in [0, 0.05) is 23.2 Å². The highest BCUT2D eigenvalue weighted by Crippen LogP contribution is 2.20. The van der Waals surface area contributed by atoms with Gasteiger partial charge in [-0.2, -0.15) is 5.10 Å². The standard InChI is InChI=1S/C24H23FN2O4/c1-16-22(17(2)27(26-16)20-9-7-19(25)8-10-20)13-14-23(28)18-5-11-21(12-6-18)31-15-3-4-24(29)30/h5-14H,3-4,15H2,1-2H3,(H,29,30)/b14-13+. The Kier molecular flexibility index (Phi) is 6.97. The molecule has 0 unspecified atom stereocenters. The second-order valence-corrected chi connectivity index (χ2v) is 7.04. The highest BCUT2D eigenvalue weighted by Gasteiger charge is 2.11. The fourth-order valence-corrected chi connectivity index (χ4v) is 3.11. The number of aliphatic carboxylic acids is 1. The van der Waals surface area contributed by atoms with E-state index in [1.165, 1.54) is 18.2 Å². The van der Waals surface area contributed by atoms with Crippen molar-refractivity contribution in [2.45, 2.75) is 26.7 Å². The van der Waals surface area contributed by atoms with E-state index >= 15 is 0 Å². The number of carbonyl (C=O) groups excluding carboxylic acids is 1. The summed E-state index contributed by atoms with van der Waals surface area (Å²) in [6.07, 6.45) is 3.70. The van der Waals surface area contributed by atoms with Crippen molar-refractivity contribution in [3.05, 3.63) is 82.9 Å². The summed E-state index contributed by atoms with van der Waals surface area (Å²) in [5, 5.41) is 13.1. The molecule has 1 N–H and O–H groups in total. The summed E-state index contributed by atoms with van der Waals surface area (Å²) in [4.78, 5) is 23.0. The van der Waals surface area contributed by atoms with Crippen molar-refractivity contribution in [3.8, 4) is 11.4 Å². The van der Waals surface area contributed by atoms with Gasteiger partial charge in [-0.15, -0.1) is 0 Å². The summed E-state index contributed by atoms with van der Waals surface area (Å²) in [7, 11) is 0. The molecule has 0 saturated heterocycles. The first-order valence-electron chi connectivity index (χ1n) is 9.84. The molecular formula is C24H23FN2O4. The number of rotatable bonds is 9. The minimum atomic E-state index is -0.856. The second kappa shape index (κ2) is 9.84. The maximum atomic E-state index is 13.2. The Labute approximate surface area is 179 Å². The van der Waals surface area contributed by atoms with Gasteiger partial charge in [-0.05, 0) is 81.0 Å². The van der Waals surface area contributed by atoms with Crippen LogP contribution < -0.4 is 4.74 Å². The number of allylic oxidation sites excluding steroid dienone is 1. The zero-order valence-corrected chi connectivity index (χ0v) is 17.3. The molecular weight excluding hydrogens is 399 g/mol. The number of ketones is 1. The number of nitrogens with zero attached hydrogens (tertiary/aromatic N) is 2. The Morgan fingerprint density at radius 1 is 1.10 bits per heavy atom. The molecule has 6 nitrogen and oxygen atoms in total. The lowest BCUT2D eigenvalue weighted by molar-refractivity contribution is -0.137. The van der Waals surface area contributed by atoms with Gasteiger partial charge in [0.15, 0.2) is 5.78 Å². The molecule has 0 fully saturated rings. The third-order valence-electron chi connectivity index (χ3n) is 4.76. The Morgan fingerprint density at radius 3 is 2.42 bits per heavy atom. The first kappa shape index (κ1) is 22.0. The molecule has 0 atom stereocenters. The first-order chi connectivity index (χ1) is 14.8. The van der Waals surface area contributed by atoms with E-state index in [2.05, 4.69) is 5.10 Å². The van der Waals surface area contributed by atoms with Crippen LogP contribution in [-0.2, 0) is 4.79 Å². The van der Waals surface area contributed by atoms with E-state index in [1.54, 1.807) is 47.2 Å². The smallest absolute Gasteiger partial charge is 0.303 e. The summed E-state index contributed by atoms with van der Waals surface area (Å²) < 4.78 is 20.4. The number of ether oxygens (including phenoxy) is 1. The van der Waals surface area contributed by atoms with Crippen molar-refractivity contribution < 1.29 is 23.8 Å². The average molecular weight is 422 g/mol. The van der Waals surface area contributed by atoms with Crippen LogP contribution in [0.25, 0.3) is 11.8 Å². The molecule has 7 heteroatoms. The van der Waals surface area contributed by atoms with Gasteiger partial charge in [0.05, 0.1) is 18.0 Å². The molecule has 31 heavy (non-hydrogen) atoms. The predicted molar refractivity (Wildman–Crippen MR) is 115 cm³/mol. The van der Waals surface area contributed by atoms with E-state index in [0.717, 1.165) is 22.6 Å². The molecule has 0 aliphatic heterocycles. The van der Waals surface area contributed by atoms with E-state index in [9.17, 15) is 14.0 Å². The molecule has 0 aliphatic rings. The number of aromatic nitrogens is 2. The van der Waals surface area contributed by atoms with Crippen LogP contribution in [0.2, 0.25) is 0 Å². The Hall–Kier alpha value is -3.74. The summed E-state index contributed by atoms with van der Waals surface area (Å²) in [6.45, 7) is 4.05. The lowest BCUT2D eigenvalue weighted by Crippen LogP contribution is -2.02. The number of aryl methyl sites for hydroxylation is 1. The van der Waals surface area contributed by atoms with Gasteiger partial charge in [-0.1, -0.05) is 0 Å². The number of benzene rings is 2. The zero-order chi connectivity index (χ0) is 22.4. The first-order valence-corrected chi connectivity index (χ1v) is 9.84. The van der Waals surface area contributed by atoms with Crippen molar-refractivity contribution >= 4 is 17.8 Å². The molecule has 160 valence electrons. The molecule has 2 aromatic carbocycles. The van der Waals surface area contributed by atoms with Crippen molar-refractivity contribution in [2.24, 2.45) is 0 Å². The van der Waals surface area contributed by atoms with Crippen LogP contribution in [0.4, 0.5) is 4.39 Å². The molecule has 3 aromatic rings. The van der Waals surface area contributed by atoms with Crippen LogP contribution in [0, 0.1) is 19.7 Å². The van der Waals surface area contributed by atoms with Crippen molar-refractivity contribution in [1.29, 1.82) is 0 Å². The SMILES string of the molecule is Cc1nn(-c2ccc(F)cc2)c(C)c1/C=C/C(=O)c1ccc(OCCCC(=O)O)cc1. The van der Waals surface area contributed by atoms with E-state index in [-0.39, 0.29) is 18.0 Å². The number of carbonyl (C=O) groups is 2. The van der Waals surface area contributed by atoms with Crippen molar-refractivity contribution in [1.82, 2.24) is 9.78 Å². The van der Waals surface area contributed by atoms with Crippen LogP contribution in [0.5, 0.6) is 5.75 Å². The Morgan fingerprint density at radius 2 is 1.77 bits per heavy atom. The highest BCUT2D eigenvalue weighted by atomic mass is 19.1. The molecule has 0 amide bonds. The van der Waals surface area contributed by atoms with Crippen LogP contribution >= 0.6 is 0 Å². The third kappa shape index (κ3) is 5.66. The molecule has 0 saturated carbocycles. The molecule has 1 heterocycles. The van der Waals surface area contributed by atoms with Gasteiger partial charge in [-0.25, -0.2) is 9.07 Å². The van der Waals surface area contributed by atoms with Gasteiger partial charge >= 0.3 is 5.97 Å². The summed E-state index contributed by atoms with van der Waals surface area (Å²) in [6, 6.07) is 12.8. The number of carboxylic acids is 1. The minimum Gasteiger partial charge on any atom is -0.494 e. The van der Waals surface area contributed by atoms with Crippen LogP contribution in [0.1, 0.15) is 40.2 Å². The summed E-state index contributed by atoms with van der Waals surface area (Å²) in [5.74, 6) is -0.748. The van der Waals surface area contributed by atoms with Gasteiger partial charge < -0.3 is 9.84 Å². The second-order valence-electron chi connectivity index (χ2n) is 7.04. The Balaban J connectivity index is 1.67. The average Bonchev–Trinajstić information content (AvgIpc) is 3.04. The van der Waals surface area contributed by atoms with Crippen molar-refractivity contribution in [2.75, 3.05) is 6.61 Å². The predicted octanol–water partition coefficient (Wildman–Crippen LogP) is 4.77. The zero-order valence-electron chi connectivity index (χ0n) is 17.3. The monoisotopic (exact) mass is 422 g/mol. The number of hydrogen-bond donors (Lipinski definition) is 1. The number of carboxylic acid groups (broad SMARTS) is 1. The third-order valence-corrected chi connectivity index (χ3v) is 4.76. The molecule has 3 rings (SSSR count). The molecule has 0 radical (unpaired) electrons. The van der Waals surface area contributed by atoms with Crippen LogP contribution in [0.3, 0.4) is 0 Å². The molecule has 0 bridgehead atoms. The fraction of sp³-hybridized carbons (Fsp3) is 0.208. The number of hydrogen-bond acceptors (Lipinski definition) is 4. The van der Waals surface area contributed by atoms with E-state index in [1.807, 2.05) is 13.8 Å². The lowest BCUT2D eigenvalue weighted by atomic mass is 10.1. The van der Waals surface area contributed by atoms with Gasteiger partial charge in [-0.3, -0.25) is 9.59 Å². The van der Waals surface area contributed by atoms with E-state index in [0.29, 0.717) is 24.3 Å². The quantitative estimate of drug-likeness (QED) is 0.305. The summed E-state index contributed by atoms with van der Waals surface area (Å²) in [5.41, 5.74) is 3.69. The maximum absolute atomic E-state index is 13.2. The summed E-state index contributed by atoms with van der Waals surface area (Å²) >= 11 is 0. The van der Waals surface area contributed by atoms with E-state index in [4.69, 9.17) is 9.84 Å².